The van der Waals surface area contributed by atoms with Crippen molar-refractivity contribution < 1.29 is 4.42 Å². The van der Waals surface area contributed by atoms with Crippen LogP contribution in [0.4, 0.5) is 0 Å². The van der Waals surface area contributed by atoms with Gasteiger partial charge in [-0.25, -0.2) is 0 Å². The Morgan fingerprint density at radius 1 is 0.857 bits per heavy atom. The summed E-state index contributed by atoms with van der Waals surface area (Å²) in [5.41, 5.74) is 9.43. The second kappa shape index (κ2) is 7.64. The number of benzene rings is 3. The van der Waals surface area contributed by atoms with Crippen LogP contribution in [0.25, 0.3) is 33.7 Å². The van der Waals surface area contributed by atoms with E-state index >= 15 is 0 Å². The minimum absolute atomic E-state index is 0.0203. The van der Waals surface area contributed by atoms with Crippen LogP contribution in [-0.4, -0.2) is 16.3 Å². The topological polar surface area (TPSA) is 19.6 Å². The molecule has 4 heterocycles. The van der Waals surface area contributed by atoms with Gasteiger partial charge >= 0.3 is 0 Å². The number of hydrogen-bond acceptors (Lipinski definition) is 3. The molecule has 0 saturated carbocycles. The van der Waals surface area contributed by atoms with E-state index in [1.807, 2.05) is 6.07 Å². The highest BCUT2D eigenvalue weighted by atomic mass is 16.3. The first-order valence-electron chi connectivity index (χ1n) is 12.2. The van der Waals surface area contributed by atoms with Crippen LogP contribution in [0, 0.1) is 0 Å². The Labute approximate surface area is 205 Å². The van der Waals surface area contributed by atoms with E-state index in [0.717, 1.165) is 28.5 Å². The maximum absolute atomic E-state index is 6.44. The maximum Gasteiger partial charge on any atom is 0.141 e. The Balaban J connectivity index is 1.42. The fourth-order valence-electron chi connectivity index (χ4n) is 5.57. The van der Waals surface area contributed by atoms with Crippen molar-refractivity contribution >= 4 is 33.7 Å². The van der Waals surface area contributed by atoms with Gasteiger partial charge in [0.15, 0.2) is 0 Å². The van der Waals surface area contributed by atoms with Crippen molar-refractivity contribution in [2.45, 2.75) is 19.9 Å². The van der Waals surface area contributed by atoms with Gasteiger partial charge in [-0.05, 0) is 43.2 Å². The normalized spacial score (nSPS) is 19.2. The maximum atomic E-state index is 6.44. The van der Waals surface area contributed by atoms with Gasteiger partial charge < -0.3 is 14.2 Å². The number of nitrogens with zero attached hydrogens (tertiary/aromatic N) is 2. The van der Waals surface area contributed by atoms with E-state index in [-0.39, 0.29) is 6.04 Å². The molecule has 3 aliphatic heterocycles. The summed E-state index contributed by atoms with van der Waals surface area (Å²) in [5.74, 6) is 1.18. The molecule has 0 bridgehead atoms. The van der Waals surface area contributed by atoms with Crippen LogP contribution in [0.3, 0.4) is 0 Å². The van der Waals surface area contributed by atoms with Crippen LogP contribution in [0.5, 0.6) is 0 Å². The molecule has 3 nitrogen and oxygen atoms in total. The fraction of sp³-hybridized carbons (Fsp3) is 0.125. The molecule has 7 rings (SSSR count). The first-order chi connectivity index (χ1) is 17.2. The van der Waals surface area contributed by atoms with Crippen molar-refractivity contribution in [3.63, 3.8) is 0 Å². The smallest absolute Gasteiger partial charge is 0.141 e. The number of hydrogen-bond donors (Lipinski definition) is 0. The molecule has 1 aromatic heterocycles. The van der Waals surface area contributed by atoms with E-state index in [1.54, 1.807) is 0 Å². The second-order valence-corrected chi connectivity index (χ2v) is 9.65. The highest BCUT2D eigenvalue weighted by molar-refractivity contribution is 6.06. The summed E-state index contributed by atoms with van der Waals surface area (Å²) >= 11 is 0. The van der Waals surface area contributed by atoms with Crippen molar-refractivity contribution in [2.75, 3.05) is 6.54 Å². The summed E-state index contributed by atoms with van der Waals surface area (Å²) in [5, 5.41) is 2.33. The molecule has 1 atom stereocenters. The third kappa shape index (κ3) is 3.12. The summed E-state index contributed by atoms with van der Waals surface area (Å²) in [6.45, 7) is 5.24. The Morgan fingerprint density at radius 3 is 2.63 bits per heavy atom. The average molecular weight is 455 g/mol. The molecule has 4 aromatic rings. The predicted octanol–water partition coefficient (Wildman–Crippen LogP) is 8.02. The van der Waals surface area contributed by atoms with E-state index < -0.39 is 0 Å². The lowest BCUT2D eigenvalue weighted by Gasteiger charge is -2.43. The number of para-hydroxylation sites is 2. The molecule has 170 valence electrons. The van der Waals surface area contributed by atoms with Crippen molar-refractivity contribution in [1.82, 2.24) is 9.80 Å². The Hall–Kier alpha value is -4.24. The third-order valence-corrected chi connectivity index (χ3v) is 7.22. The zero-order valence-corrected chi connectivity index (χ0v) is 19.9. The summed E-state index contributed by atoms with van der Waals surface area (Å²) < 4.78 is 6.44. The van der Waals surface area contributed by atoms with Crippen LogP contribution in [0.1, 0.15) is 36.6 Å². The summed E-state index contributed by atoms with van der Waals surface area (Å²) in [4.78, 5) is 4.87. The van der Waals surface area contributed by atoms with Crippen LogP contribution in [-0.2, 0) is 0 Å². The minimum atomic E-state index is 0.0203. The van der Waals surface area contributed by atoms with Crippen molar-refractivity contribution in [2.24, 2.45) is 0 Å². The highest BCUT2D eigenvalue weighted by Gasteiger charge is 2.32. The van der Waals surface area contributed by atoms with Crippen molar-refractivity contribution in [1.29, 1.82) is 0 Å². The van der Waals surface area contributed by atoms with Gasteiger partial charge in [0, 0.05) is 34.6 Å². The van der Waals surface area contributed by atoms with Gasteiger partial charge in [0.1, 0.15) is 17.0 Å². The molecular formula is C32H26N2O. The highest BCUT2D eigenvalue weighted by Crippen LogP contribution is 2.43. The van der Waals surface area contributed by atoms with Crippen molar-refractivity contribution in [3.8, 4) is 0 Å². The molecule has 0 fully saturated rings. The molecule has 35 heavy (non-hydrogen) atoms. The van der Waals surface area contributed by atoms with Crippen LogP contribution < -0.4 is 0 Å². The van der Waals surface area contributed by atoms with Gasteiger partial charge in [-0.3, -0.25) is 0 Å². The molecule has 3 aliphatic rings. The lowest BCUT2D eigenvalue weighted by molar-refractivity contribution is 0.299. The van der Waals surface area contributed by atoms with E-state index in [1.165, 1.54) is 39.4 Å². The Morgan fingerprint density at radius 2 is 1.69 bits per heavy atom. The number of allylic oxidation sites excluding steroid dienone is 4. The molecule has 0 aliphatic carbocycles. The van der Waals surface area contributed by atoms with E-state index in [0.29, 0.717) is 0 Å². The quantitative estimate of drug-likeness (QED) is 0.306. The number of furan rings is 1. The molecule has 0 amide bonds. The fourth-order valence-corrected chi connectivity index (χ4v) is 5.57. The number of rotatable bonds is 2. The van der Waals surface area contributed by atoms with Crippen LogP contribution >= 0.6 is 0 Å². The molecule has 1 unspecified atom stereocenters. The molecule has 0 spiro atoms. The molecule has 3 heteroatoms. The van der Waals surface area contributed by atoms with E-state index in [9.17, 15) is 0 Å². The van der Waals surface area contributed by atoms with Crippen molar-refractivity contribution in [3.05, 3.63) is 131 Å². The third-order valence-electron chi connectivity index (χ3n) is 7.22. The van der Waals surface area contributed by atoms with Crippen LogP contribution in [0.2, 0.25) is 0 Å². The molecule has 0 radical (unpaired) electrons. The first kappa shape index (κ1) is 20.2. The van der Waals surface area contributed by atoms with Crippen LogP contribution in [0.15, 0.2) is 119 Å². The van der Waals surface area contributed by atoms with Gasteiger partial charge in [-0.2, -0.15) is 0 Å². The first-order valence-corrected chi connectivity index (χ1v) is 12.2. The van der Waals surface area contributed by atoms with Gasteiger partial charge in [-0.15, -0.1) is 0 Å². The Kier molecular flexibility index (Phi) is 4.40. The monoisotopic (exact) mass is 454 g/mol. The summed E-state index contributed by atoms with van der Waals surface area (Å²) in [6, 6.07) is 23.5. The average Bonchev–Trinajstić information content (AvgIpc) is 3.27. The van der Waals surface area contributed by atoms with E-state index in [2.05, 4.69) is 121 Å². The molecule has 0 saturated heterocycles. The van der Waals surface area contributed by atoms with Gasteiger partial charge in [-0.1, -0.05) is 84.5 Å². The largest absolute Gasteiger partial charge is 0.456 e. The lowest BCUT2D eigenvalue weighted by Crippen LogP contribution is -2.38. The molecular weight excluding hydrogens is 428 g/mol. The van der Waals surface area contributed by atoms with Gasteiger partial charge in [0.25, 0.3) is 0 Å². The predicted molar refractivity (Wildman–Crippen MR) is 144 cm³/mol. The SMILES string of the molecule is CC1=CN(C2=Cc3ccccc3C3=CC=C(C)CN32)C(c2cccc3c2oc2ccccc23)C=C1. The standard InChI is InChI=1S/C32H26N2O/c1-21-14-16-28-24-9-4-3-8-23(24)18-31(33(28)19-21)34-20-22(2)15-17-29(34)27-12-7-11-26-25-10-5-6-13-30(25)35-32(26)27/h3-18,20,29H,19H2,1-2H3. The van der Waals surface area contributed by atoms with E-state index in [4.69, 9.17) is 4.42 Å². The van der Waals surface area contributed by atoms with Gasteiger partial charge in [0.2, 0.25) is 0 Å². The number of fused-ring (bicyclic) bond motifs is 6. The summed E-state index contributed by atoms with van der Waals surface area (Å²) in [7, 11) is 0. The zero-order chi connectivity index (χ0) is 23.5. The Bertz CT molecular complexity index is 1660. The molecule has 3 aromatic carbocycles. The lowest BCUT2D eigenvalue weighted by atomic mass is 9.94. The van der Waals surface area contributed by atoms with Gasteiger partial charge in [0.05, 0.1) is 11.7 Å². The molecule has 0 N–H and O–H groups in total. The minimum Gasteiger partial charge on any atom is -0.456 e. The zero-order valence-electron chi connectivity index (χ0n) is 19.9. The second-order valence-electron chi connectivity index (χ2n) is 9.65. The summed E-state index contributed by atoms with van der Waals surface area (Å²) in [6.07, 6.45) is 13.6.